The van der Waals surface area contributed by atoms with Crippen LogP contribution in [-0.4, -0.2) is 94.0 Å². The molecule has 6 rings (SSSR count). The van der Waals surface area contributed by atoms with Crippen LogP contribution < -0.4 is 0 Å². The van der Waals surface area contributed by atoms with Gasteiger partial charge in [0, 0.05) is 23.2 Å². The van der Waals surface area contributed by atoms with Crippen LogP contribution in [0.25, 0.3) is 0 Å². The number of ketones is 1. The molecule has 0 amide bonds. The zero-order valence-electron chi connectivity index (χ0n) is 36.9. The van der Waals surface area contributed by atoms with Crippen LogP contribution in [0, 0.1) is 63.6 Å². The van der Waals surface area contributed by atoms with Gasteiger partial charge in [-0.15, -0.1) is 0 Å². The highest BCUT2D eigenvalue weighted by molar-refractivity contribution is 5.96. The number of aliphatic hydroxyl groups is 2. The molecule has 2 N–H and O–H groups in total. The van der Waals surface area contributed by atoms with Crippen LogP contribution in [0.15, 0.2) is 0 Å². The molecule has 13 atom stereocenters. The van der Waals surface area contributed by atoms with Crippen LogP contribution in [0.4, 0.5) is 39.5 Å². The van der Waals surface area contributed by atoms with E-state index < -0.39 is 155 Å². The Morgan fingerprint density at radius 2 is 1.39 bits per heavy atom. The third-order valence-corrected chi connectivity index (χ3v) is 16.6. The van der Waals surface area contributed by atoms with Gasteiger partial charge in [-0.3, -0.25) is 24.0 Å². The van der Waals surface area contributed by atoms with E-state index >= 15 is 4.79 Å². The number of Topliss-reactive ketones (excluding diaryl/α,β-unsaturated/α-hetero) is 1. The summed E-state index contributed by atoms with van der Waals surface area (Å²) in [6, 6.07) is 0. The Hall–Kier alpha value is -3.16. The van der Waals surface area contributed by atoms with Crippen LogP contribution in [0.2, 0.25) is 0 Å². The average molecular weight is 935 g/mol. The first-order valence-corrected chi connectivity index (χ1v) is 22.1. The maximum absolute atomic E-state index is 15.5. The van der Waals surface area contributed by atoms with Gasteiger partial charge in [0.15, 0.2) is 5.60 Å². The van der Waals surface area contributed by atoms with Crippen molar-refractivity contribution in [3.63, 3.8) is 0 Å². The van der Waals surface area contributed by atoms with E-state index in [-0.39, 0.29) is 38.2 Å². The smallest absolute Gasteiger partial charge is 0.426 e. The number of carbonyl (C=O) groups excluding carboxylic acids is 5. The van der Waals surface area contributed by atoms with E-state index in [1.54, 1.807) is 13.8 Å². The van der Waals surface area contributed by atoms with Crippen molar-refractivity contribution in [1.29, 1.82) is 0 Å². The fourth-order valence-corrected chi connectivity index (χ4v) is 12.4. The van der Waals surface area contributed by atoms with Gasteiger partial charge in [0.2, 0.25) is 0 Å². The average Bonchev–Trinajstić information content (AvgIpc) is 3.98. The maximum Gasteiger partial charge on any atom is 0.426 e. The summed E-state index contributed by atoms with van der Waals surface area (Å²) in [6.45, 7) is 9.03. The van der Waals surface area contributed by atoms with Gasteiger partial charge in [-0.1, -0.05) is 20.8 Å². The summed E-state index contributed by atoms with van der Waals surface area (Å²) < 4.78 is 150. The molecule has 2 bridgehead atoms. The first-order chi connectivity index (χ1) is 29.1. The molecular weight excluding hydrogens is 875 g/mol. The Bertz CT molecular complexity index is 1840. The molecule has 364 valence electrons. The second-order valence-electron chi connectivity index (χ2n) is 21.2. The monoisotopic (exact) mass is 934 g/mol. The number of rotatable bonds is 14. The van der Waals surface area contributed by atoms with Crippen molar-refractivity contribution in [2.24, 2.45) is 63.6 Å². The lowest BCUT2D eigenvalue weighted by Gasteiger charge is -2.49. The second kappa shape index (κ2) is 16.3. The van der Waals surface area contributed by atoms with E-state index in [0.717, 1.165) is 12.8 Å². The van der Waals surface area contributed by atoms with Crippen LogP contribution in [-0.2, 0) is 42.9 Å². The number of ether oxygens (including phenoxy) is 4. The SMILES string of the molecule is CC(CC(C)(C(=O)C1C2CC3C(=O)OC1C3C2)C1(CC(C)(C)C(=O)OC2CC(C(C)(O)C(F)(F)F)CC(C(O)(C(F)(F)F)C(F)(F)F)C2)CCOC1=O)C(C)C(=O)OC1(C)CCCC1. The normalized spacial score (nSPS) is 34.7. The van der Waals surface area contributed by atoms with Crippen molar-refractivity contribution >= 4 is 29.7 Å². The minimum atomic E-state index is -6.46. The van der Waals surface area contributed by atoms with E-state index in [9.17, 15) is 68.9 Å². The summed E-state index contributed by atoms with van der Waals surface area (Å²) >= 11 is 0. The van der Waals surface area contributed by atoms with Gasteiger partial charge >= 0.3 is 42.4 Å². The summed E-state index contributed by atoms with van der Waals surface area (Å²) in [5.74, 6) is -12.6. The summed E-state index contributed by atoms with van der Waals surface area (Å²) in [7, 11) is 0. The van der Waals surface area contributed by atoms with Crippen molar-refractivity contribution < 1.29 is 92.6 Å². The predicted molar refractivity (Wildman–Crippen MR) is 203 cm³/mol. The van der Waals surface area contributed by atoms with Gasteiger partial charge in [0.05, 0.1) is 35.2 Å². The fraction of sp³-hybridized carbons (Fsp3) is 0.886. The molecular formula is C44H59F9O11. The van der Waals surface area contributed by atoms with E-state index in [1.165, 1.54) is 20.8 Å². The summed E-state index contributed by atoms with van der Waals surface area (Å²) in [6.07, 6.45) is -22.6. The number of esters is 4. The van der Waals surface area contributed by atoms with E-state index in [1.807, 2.05) is 6.92 Å². The highest BCUT2D eigenvalue weighted by Crippen LogP contribution is 2.64. The van der Waals surface area contributed by atoms with Gasteiger partial charge in [-0.2, -0.15) is 39.5 Å². The molecule has 13 unspecified atom stereocenters. The first-order valence-electron chi connectivity index (χ1n) is 22.1. The maximum atomic E-state index is 15.5. The molecule has 0 aromatic rings. The van der Waals surface area contributed by atoms with Crippen LogP contribution in [0.3, 0.4) is 0 Å². The van der Waals surface area contributed by atoms with Crippen molar-refractivity contribution in [1.82, 2.24) is 0 Å². The number of hydrogen-bond acceptors (Lipinski definition) is 11. The number of hydrogen-bond donors (Lipinski definition) is 2. The minimum Gasteiger partial charge on any atom is -0.465 e. The lowest BCUT2D eigenvalue weighted by atomic mass is 9.51. The van der Waals surface area contributed by atoms with Crippen molar-refractivity contribution in [3.05, 3.63) is 0 Å². The molecule has 11 nitrogen and oxygen atoms in total. The lowest BCUT2D eigenvalue weighted by Crippen LogP contribution is -2.64. The van der Waals surface area contributed by atoms with Crippen LogP contribution in [0.1, 0.15) is 126 Å². The highest BCUT2D eigenvalue weighted by atomic mass is 19.4. The molecule has 0 aromatic heterocycles. The van der Waals surface area contributed by atoms with Gasteiger partial charge in [-0.25, -0.2) is 0 Å². The van der Waals surface area contributed by atoms with Gasteiger partial charge in [0.1, 0.15) is 23.6 Å². The Morgan fingerprint density at radius 3 is 1.92 bits per heavy atom. The Balaban J connectivity index is 1.35. The highest BCUT2D eigenvalue weighted by Gasteiger charge is 2.75. The molecule has 4 saturated carbocycles. The Kier molecular flexibility index (Phi) is 12.8. The molecule has 6 aliphatic rings. The molecule has 4 aliphatic carbocycles. The van der Waals surface area contributed by atoms with E-state index in [2.05, 4.69) is 0 Å². The molecule has 64 heavy (non-hydrogen) atoms. The number of halogens is 9. The van der Waals surface area contributed by atoms with Crippen molar-refractivity contribution in [2.75, 3.05) is 6.61 Å². The molecule has 2 aliphatic heterocycles. The molecule has 2 heterocycles. The van der Waals surface area contributed by atoms with E-state index in [4.69, 9.17) is 18.9 Å². The summed E-state index contributed by atoms with van der Waals surface area (Å²) in [5, 5.41) is 20.9. The molecule has 0 aromatic carbocycles. The van der Waals surface area contributed by atoms with E-state index in [0.29, 0.717) is 25.7 Å². The molecule has 0 spiro atoms. The number of fused-ring (bicyclic) bond motifs is 1. The number of cyclic esters (lactones) is 1. The zero-order chi connectivity index (χ0) is 48.2. The fourth-order valence-electron chi connectivity index (χ4n) is 12.4. The third kappa shape index (κ3) is 8.21. The van der Waals surface area contributed by atoms with Gasteiger partial charge < -0.3 is 29.2 Å². The van der Waals surface area contributed by atoms with Gasteiger partial charge in [-0.05, 0) is 117 Å². The standard InChI is InChI=1S/C44H59F9O11/c1-21(22(2)32(55)64-37(5)10-8-9-11-37)19-38(6,31(54)29-23-14-27-28(15-23)33(56)63-30(27)29)40(12-13-61-35(40)58)20-36(3,4)34(57)62-26-17-24(39(7,59)42(45,46)47)16-25(18-26)41(60,43(48,49)50)44(51,52)53/h21-30,59-60H,8-20H2,1-7H3. The zero-order valence-corrected chi connectivity index (χ0v) is 36.9. The third-order valence-electron chi connectivity index (χ3n) is 16.6. The minimum absolute atomic E-state index is 0.163. The summed E-state index contributed by atoms with van der Waals surface area (Å²) in [4.78, 5) is 70.7. The Morgan fingerprint density at radius 1 is 0.812 bits per heavy atom. The quantitative estimate of drug-likeness (QED) is 0.0983. The molecule has 2 saturated heterocycles. The van der Waals surface area contributed by atoms with Gasteiger partial charge in [0.25, 0.3) is 5.60 Å². The first kappa shape index (κ1) is 50.3. The van der Waals surface area contributed by atoms with Crippen LogP contribution in [0.5, 0.6) is 0 Å². The topological polar surface area (TPSA) is 163 Å². The molecule has 20 heteroatoms. The lowest BCUT2D eigenvalue weighted by molar-refractivity contribution is -0.391. The number of carbonyl (C=O) groups is 5. The molecule has 0 radical (unpaired) electrons. The molecule has 6 fully saturated rings. The van der Waals surface area contributed by atoms with Crippen molar-refractivity contribution in [3.8, 4) is 0 Å². The largest absolute Gasteiger partial charge is 0.465 e. The second-order valence-corrected chi connectivity index (χ2v) is 21.2. The van der Waals surface area contributed by atoms with Crippen LogP contribution >= 0.6 is 0 Å². The number of alkyl halides is 9. The Labute approximate surface area is 365 Å². The predicted octanol–water partition coefficient (Wildman–Crippen LogP) is 8.14. The van der Waals surface area contributed by atoms with Crippen molar-refractivity contribution in [2.45, 2.75) is 173 Å². The summed E-state index contributed by atoms with van der Waals surface area (Å²) in [5.41, 5.74) is -15.9.